The smallest absolute Gasteiger partial charge is 0.341 e. The Morgan fingerprint density at radius 1 is 1.26 bits per heavy atom. The Hall–Kier alpha value is -2.56. The number of halogens is 2. The number of nitrogens with zero attached hydrogens (tertiary/aromatic N) is 3. The Morgan fingerprint density at radius 2 is 2.06 bits per heavy atom. The number of hydrogen-bond acceptors (Lipinski definition) is 6. The van der Waals surface area contributed by atoms with Crippen molar-refractivity contribution in [2.75, 3.05) is 17.2 Å². The minimum absolute atomic E-state index is 0.275. The number of benzene rings is 1. The van der Waals surface area contributed by atoms with Gasteiger partial charge in [0.25, 0.3) is 0 Å². The van der Waals surface area contributed by atoms with E-state index in [9.17, 15) is 9.18 Å². The van der Waals surface area contributed by atoms with Crippen molar-refractivity contribution in [1.29, 1.82) is 0 Å². The molecule has 2 heterocycles. The third-order valence-corrected chi connectivity index (χ3v) is 7.25. The van der Waals surface area contributed by atoms with Crippen molar-refractivity contribution >= 4 is 57.2 Å². The first-order chi connectivity index (χ1) is 16.4. The Labute approximate surface area is 211 Å². The normalized spacial score (nSPS) is 13.5. The summed E-state index contributed by atoms with van der Waals surface area (Å²) in [7, 11) is 0. The molecule has 0 amide bonds. The number of fused-ring (bicyclic) bond motifs is 1. The maximum Gasteiger partial charge on any atom is 0.341 e. The molecule has 0 bridgehead atoms. The molecule has 1 aliphatic carbocycles. The molecule has 1 aliphatic rings. The van der Waals surface area contributed by atoms with Crippen molar-refractivity contribution in [2.45, 2.75) is 52.0 Å². The third-order valence-electron chi connectivity index (χ3n) is 5.49. The number of nitrogens with one attached hydrogen (secondary N) is 2. The summed E-state index contributed by atoms with van der Waals surface area (Å²) < 4.78 is 20.2. The van der Waals surface area contributed by atoms with Crippen LogP contribution in [0.2, 0.25) is 5.02 Å². The van der Waals surface area contributed by atoms with Crippen LogP contribution in [0.15, 0.2) is 24.5 Å². The van der Waals surface area contributed by atoms with Crippen molar-refractivity contribution in [3.8, 4) is 0 Å². The standard InChI is InChI=1S/C23H25ClFN5O2S2/c1-2-32-21(31)19-16-7-5-3-4-6-8-18(16)34-20(19)27-23(33)28-22-26-13-30(29-22)12-14-9-10-15(25)11-17(14)24/h9-11,13H,2-8,12H2,1H3,(H2,27,28,29,33). The Balaban J connectivity index is 1.47. The van der Waals surface area contributed by atoms with Gasteiger partial charge in [-0.05, 0) is 68.1 Å². The Kier molecular flexibility index (Phi) is 8.12. The van der Waals surface area contributed by atoms with E-state index in [4.69, 9.17) is 28.6 Å². The number of ether oxygens (including phenoxy) is 1. The van der Waals surface area contributed by atoms with Gasteiger partial charge in [0.05, 0.1) is 18.7 Å². The molecule has 0 atom stereocenters. The molecule has 0 aliphatic heterocycles. The van der Waals surface area contributed by atoms with Gasteiger partial charge < -0.3 is 10.1 Å². The van der Waals surface area contributed by atoms with E-state index in [1.54, 1.807) is 29.0 Å². The molecule has 11 heteroatoms. The minimum atomic E-state index is -0.394. The van der Waals surface area contributed by atoms with Crippen molar-refractivity contribution < 1.29 is 13.9 Å². The van der Waals surface area contributed by atoms with Gasteiger partial charge >= 0.3 is 5.97 Å². The van der Waals surface area contributed by atoms with Gasteiger partial charge in [-0.2, -0.15) is 0 Å². The molecule has 2 aromatic heterocycles. The van der Waals surface area contributed by atoms with Gasteiger partial charge in [0.2, 0.25) is 5.95 Å². The first-order valence-electron chi connectivity index (χ1n) is 11.2. The lowest BCUT2D eigenvalue weighted by Gasteiger charge is -2.12. The number of esters is 1. The van der Waals surface area contributed by atoms with Crippen LogP contribution in [0.1, 0.15) is 59.0 Å². The summed E-state index contributed by atoms with van der Waals surface area (Å²) in [6.07, 6.45) is 7.87. The number of anilines is 2. The van der Waals surface area contributed by atoms with Crippen LogP contribution in [-0.2, 0) is 24.1 Å². The van der Waals surface area contributed by atoms with Crippen LogP contribution >= 0.6 is 35.2 Å². The summed E-state index contributed by atoms with van der Waals surface area (Å²) >= 11 is 13.1. The van der Waals surface area contributed by atoms with Gasteiger partial charge in [0, 0.05) is 9.90 Å². The fourth-order valence-corrected chi connectivity index (χ4v) is 5.68. The summed E-state index contributed by atoms with van der Waals surface area (Å²) in [6.45, 7) is 2.44. The molecule has 4 rings (SSSR count). The van der Waals surface area contributed by atoms with Crippen molar-refractivity contribution in [3.05, 3.63) is 56.9 Å². The highest BCUT2D eigenvalue weighted by Gasteiger charge is 2.26. The number of hydrogen-bond donors (Lipinski definition) is 2. The minimum Gasteiger partial charge on any atom is -0.462 e. The van der Waals surface area contributed by atoms with Gasteiger partial charge in [-0.25, -0.2) is 18.9 Å². The zero-order chi connectivity index (χ0) is 24.1. The molecule has 0 radical (unpaired) electrons. The molecule has 0 spiro atoms. The summed E-state index contributed by atoms with van der Waals surface area (Å²) in [5, 5.41) is 11.8. The van der Waals surface area contributed by atoms with E-state index in [-0.39, 0.29) is 11.1 Å². The Bertz CT molecular complexity index is 1200. The predicted octanol–water partition coefficient (Wildman–Crippen LogP) is 5.83. The van der Waals surface area contributed by atoms with Crippen LogP contribution in [0.25, 0.3) is 0 Å². The first kappa shape index (κ1) is 24.6. The zero-order valence-corrected chi connectivity index (χ0v) is 21.1. The van der Waals surface area contributed by atoms with E-state index in [0.717, 1.165) is 43.2 Å². The number of carbonyl (C=O) groups is 1. The van der Waals surface area contributed by atoms with Crippen molar-refractivity contribution in [1.82, 2.24) is 14.8 Å². The average molecular weight is 522 g/mol. The highest BCUT2D eigenvalue weighted by molar-refractivity contribution is 7.80. The highest BCUT2D eigenvalue weighted by atomic mass is 35.5. The molecule has 180 valence electrons. The second-order valence-electron chi connectivity index (χ2n) is 7.92. The second kappa shape index (κ2) is 11.2. The van der Waals surface area contributed by atoms with Crippen molar-refractivity contribution in [3.63, 3.8) is 0 Å². The first-order valence-corrected chi connectivity index (χ1v) is 12.8. The number of aromatic nitrogens is 3. The maximum absolute atomic E-state index is 13.3. The molecule has 1 aromatic carbocycles. The van der Waals surface area contributed by atoms with Crippen molar-refractivity contribution in [2.24, 2.45) is 0 Å². The van der Waals surface area contributed by atoms with Crippen LogP contribution < -0.4 is 10.6 Å². The number of aryl methyl sites for hydroxylation is 1. The lowest BCUT2D eigenvalue weighted by Crippen LogP contribution is -2.21. The average Bonchev–Trinajstić information content (AvgIpc) is 3.34. The van der Waals surface area contributed by atoms with E-state index in [2.05, 4.69) is 20.7 Å². The fraction of sp³-hybridized carbons (Fsp3) is 0.391. The van der Waals surface area contributed by atoms with E-state index in [1.165, 1.54) is 29.8 Å². The SMILES string of the molecule is CCOC(=O)c1c(NC(=S)Nc2ncn(Cc3ccc(F)cc3Cl)n2)sc2c1CCCCCC2. The molecule has 34 heavy (non-hydrogen) atoms. The number of carbonyl (C=O) groups excluding carboxylic acids is 1. The molecule has 7 nitrogen and oxygen atoms in total. The van der Waals surface area contributed by atoms with Crippen LogP contribution in [0, 0.1) is 5.82 Å². The topological polar surface area (TPSA) is 81.1 Å². The lowest BCUT2D eigenvalue weighted by atomic mass is 9.96. The quantitative estimate of drug-likeness (QED) is 0.312. The molecule has 0 saturated heterocycles. The molecule has 2 N–H and O–H groups in total. The third kappa shape index (κ3) is 5.92. The molecule has 0 saturated carbocycles. The molecular formula is C23H25ClFN5O2S2. The highest BCUT2D eigenvalue weighted by Crippen LogP contribution is 2.37. The van der Waals surface area contributed by atoms with Crippen LogP contribution in [0.4, 0.5) is 15.3 Å². The number of thiophene rings is 1. The fourth-order valence-electron chi connectivity index (χ4n) is 3.92. The van der Waals surface area contributed by atoms with E-state index < -0.39 is 5.82 Å². The molecule has 0 unspecified atom stereocenters. The summed E-state index contributed by atoms with van der Waals surface area (Å²) in [5.74, 6) is -0.428. The Morgan fingerprint density at radius 3 is 2.82 bits per heavy atom. The maximum atomic E-state index is 13.3. The van der Waals surface area contributed by atoms with Gasteiger partial charge in [0.1, 0.15) is 17.1 Å². The number of thiocarbonyl (C=S) groups is 1. The summed E-state index contributed by atoms with van der Waals surface area (Å²) in [5.41, 5.74) is 2.37. The van der Waals surface area contributed by atoms with Gasteiger partial charge in [-0.3, -0.25) is 5.32 Å². The summed E-state index contributed by atoms with van der Waals surface area (Å²) in [6, 6.07) is 4.22. The van der Waals surface area contributed by atoms with Gasteiger partial charge in [-0.1, -0.05) is 30.5 Å². The lowest BCUT2D eigenvalue weighted by molar-refractivity contribution is 0.0526. The molecule has 3 aromatic rings. The predicted molar refractivity (Wildman–Crippen MR) is 137 cm³/mol. The van der Waals surface area contributed by atoms with E-state index in [1.807, 2.05) is 0 Å². The van der Waals surface area contributed by atoms with Crippen LogP contribution in [0.5, 0.6) is 0 Å². The van der Waals surface area contributed by atoms with Crippen LogP contribution in [-0.4, -0.2) is 32.5 Å². The number of rotatable bonds is 6. The molecular weight excluding hydrogens is 497 g/mol. The van der Waals surface area contributed by atoms with E-state index >= 15 is 0 Å². The molecule has 0 fully saturated rings. The summed E-state index contributed by atoms with van der Waals surface area (Å²) in [4.78, 5) is 18.2. The second-order valence-corrected chi connectivity index (χ2v) is 9.84. The van der Waals surface area contributed by atoms with Crippen LogP contribution in [0.3, 0.4) is 0 Å². The largest absolute Gasteiger partial charge is 0.462 e. The zero-order valence-electron chi connectivity index (χ0n) is 18.7. The van der Waals surface area contributed by atoms with E-state index in [0.29, 0.717) is 34.7 Å². The van der Waals surface area contributed by atoms with Gasteiger partial charge in [-0.15, -0.1) is 16.4 Å². The monoisotopic (exact) mass is 521 g/mol. The van der Waals surface area contributed by atoms with Gasteiger partial charge in [0.15, 0.2) is 5.11 Å².